The Morgan fingerprint density at radius 2 is 1.86 bits per heavy atom. The number of nitrogens with zero attached hydrogens (tertiary/aromatic N) is 2. The van der Waals surface area contributed by atoms with Gasteiger partial charge in [0.25, 0.3) is 0 Å². The van der Waals surface area contributed by atoms with Crippen molar-refractivity contribution in [2.75, 3.05) is 5.32 Å². The van der Waals surface area contributed by atoms with Gasteiger partial charge in [-0.25, -0.2) is 4.98 Å². The summed E-state index contributed by atoms with van der Waals surface area (Å²) in [6.45, 7) is 0. The lowest BCUT2D eigenvalue weighted by Gasteiger charge is -2.07. The van der Waals surface area contributed by atoms with Gasteiger partial charge in [0, 0.05) is 17.3 Å². The number of thiazole rings is 1. The number of fused-ring (bicyclic) bond motifs is 3. The molecule has 5 heteroatoms. The van der Waals surface area contributed by atoms with Gasteiger partial charge in [0.2, 0.25) is 5.91 Å². The molecule has 2 aromatic carbocycles. The average Bonchev–Trinajstić information content (AvgIpc) is 3.32. The summed E-state index contributed by atoms with van der Waals surface area (Å²) in [5.41, 5.74) is 7.56. The summed E-state index contributed by atoms with van der Waals surface area (Å²) in [6.07, 6.45) is 2.91. The SMILES string of the molecule is O=C(Cc1csc(-c2ccccn2)n1)Nc1ccc2c(c1)Cc1ccccc1-2. The highest BCUT2D eigenvalue weighted by molar-refractivity contribution is 7.13. The third-order valence-electron chi connectivity index (χ3n) is 4.85. The van der Waals surface area contributed by atoms with Crippen molar-refractivity contribution >= 4 is 22.9 Å². The molecule has 1 amide bonds. The Kier molecular flexibility index (Phi) is 4.22. The largest absolute Gasteiger partial charge is 0.326 e. The average molecular weight is 383 g/mol. The van der Waals surface area contributed by atoms with E-state index in [1.807, 2.05) is 29.6 Å². The molecule has 0 unspecified atom stereocenters. The number of hydrogen-bond acceptors (Lipinski definition) is 4. The van der Waals surface area contributed by atoms with Crippen LogP contribution in [0.1, 0.15) is 16.8 Å². The molecule has 4 nitrogen and oxygen atoms in total. The molecule has 28 heavy (non-hydrogen) atoms. The molecule has 1 aliphatic rings. The first-order chi connectivity index (χ1) is 13.8. The first-order valence-electron chi connectivity index (χ1n) is 9.13. The zero-order valence-electron chi connectivity index (χ0n) is 15.1. The van der Waals surface area contributed by atoms with E-state index in [1.165, 1.54) is 33.6 Å². The molecule has 0 aliphatic heterocycles. The van der Waals surface area contributed by atoms with Gasteiger partial charge in [-0.3, -0.25) is 9.78 Å². The van der Waals surface area contributed by atoms with E-state index < -0.39 is 0 Å². The van der Waals surface area contributed by atoms with E-state index in [1.54, 1.807) is 6.20 Å². The van der Waals surface area contributed by atoms with Crippen molar-refractivity contribution in [1.29, 1.82) is 0 Å². The Bertz CT molecular complexity index is 1170. The molecule has 2 aromatic heterocycles. The van der Waals surface area contributed by atoms with Crippen molar-refractivity contribution in [2.45, 2.75) is 12.8 Å². The number of aromatic nitrogens is 2. The second kappa shape index (κ2) is 7.02. The van der Waals surface area contributed by atoms with Gasteiger partial charge in [-0.05, 0) is 52.9 Å². The maximum absolute atomic E-state index is 12.5. The molecule has 5 rings (SSSR count). The minimum atomic E-state index is -0.0617. The molecule has 0 atom stereocenters. The number of hydrogen-bond donors (Lipinski definition) is 1. The second-order valence-corrected chi connectivity index (χ2v) is 7.65. The van der Waals surface area contributed by atoms with Crippen molar-refractivity contribution in [2.24, 2.45) is 0 Å². The van der Waals surface area contributed by atoms with Crippen LogP contribution in [-0.4, -0.2) is 15.9 Å². The first-order valence-corrected chi connectivity index (χ1v) is 10.0. The molecule has 136 valence electrons. The molecule has 4 aromatic rings. The fourth-order valence-electron chi connectivity index (χ4n) is 3.59. The van der Waals surface area contributed by atoms with E-state index in [2.05, 4.69) is 51.7 Å². The normalized spacial score (nSPS) is 11.7. The molecule has 2 heterocycles. The Labute approximate surface area is 166 Å². The van der Waals surface area contributed by atoms with Gasteiger partial charge in [0.15, 0.2) is 0 Å². The summed E-state index contributed by atoms with van der Waals surface area (Å²) in [5.74, 6) is -0.0617. The Hall–Kier alpha value is -3.31. The van der Waals surface area contributed by atoms with Crippen LogP contribution in [-0.2, 0) is 17.6 Å². The molecule has 0 saturated carbocycles. The molecule has 0 spiro atoms. The van der Waals surface area contributed by atoms with Gasteiger partial charge in [0.05, 0.1) is 17.8 Å². The lowest BCUT2D eigenvalue weighted by Crippen LogP contribution is -2.14. The fourth-order valence-corrected chi connectivity index (χ4v) is 4.38. The van der Waals surface area contributed by atoms with E-state index in [9.17, 15) is 4.79 Å². The molecule has 0 fully saturated rings. The van der Waals surface area contributed by atoms with Crippen LogP contribution in [0.3, 0.4) is 0 Å². The van der Waals surface area contributed by atoms with Crippen LogP contribution in [0.4, 0.5) is 5.69 Å². The van der Waals surface area contributed by atoms with Gasteiger partial charge in [-0.2, -0.15) is 0 Å². The number of anilines is 1. The Balaban J connectivity index is 1.28. The van der Waals surface area contributed by atoms with Gasteiger partial charge >= 0.3 is 0 Å². The number of nitrogens with one attached hydrogen (secondary N) is 1. The Morgan fingerprint density at radius 3 is 2.75 bits per heavy atom. The highest BCUT2D eigenvalue weighted by Crippen LogP contribution is 2.37. The van der Waals surface area contributed by atoms with E-state index >= 15 is 0 Å². The highest BCUT2D eigenvalue weighted by atomic mass is 32.1. The van der Waals surface area contributed by atoms with Gasteiger partial charge in [-0.1, -0.05) is 36.4 Å². The quantitative estimate of drug-likeness (QED) is 0.477. The molecule has 0 saturated heterocycles. The standard InChI is InChI=1S/C23H17N3OS/c27-22(13-18-14-28-23(26-18)21-7-3-4-10-24-21)25-17-8-9-20-16(12-17)11-15-5-1-2-6-19(15)20/h1-10,12,14H,11,13H2,(H,25,27). The summed E-state index contributed by atoms with van der Waals surface area (Å²) < 4.78 is 0. The monoisotopic (exact) mass is 383 g/mol. The van der Waals surface area contributed by atoms with E-state index in [0.717, 1.165) is 28.5 Å². The van der Waals surface area contributed by atoms with Gasteiger partial charge < -0.3 is 5.32 Å². The van der Waals surface area contributed by atoms with Crippen LogP contribution >= 0.6 is 11.3 Å². The van der Waals surface area contributed by atoms with Crippen molar-refractivity contribution in [3.63, 3.8) is 0 Å². The van der Waals surface area contributed by atoms with Crippen LogP contribution in [0.15, 0.2) is 72.2 Å². The molecule has 1 N–H and O–H groups in total. The number of benzene rings is 2. The summed E-state index contributed by atoms with van der Waals surface area (Å²) in [7, 11) is 0. The predicted molar refractivity (Wildman–Crippen MR) is 112 cm³/mol. The van der Waals surface area contributed by atoms with Gasteiger partial charge in [-0.15, -0.1) is 11.3 Å². The lowest BCUT2D eigenvalue weighted by molar-refractivity contribution is -0.115. The number of amides is 1. The minimum Gasteiger partial charge on any atom is -0.326 e. The fraction of sp³-hybridized carbons (Fsp3) is 0.0870. The minimum absolute atomic E-state index is 0.0617. The smallest absolute Gasteiger partial charge is 0.230 e. The van der Waals surface area contributed by atoms with E-state index in [-0.39, 0.29) is 12.3 Å². The number of pyridine rings is 1. The Morgan fingerprint density at radius 1 is 1.00 bits per heavy atom. The van der Waals surface area contributed by atoms with E-state index in [4.69, 9.17) is 0 Å². The summed E-state index contributed by atoms with van der Waals surface area (Å²) in [5, 5.41) is 5.76. The van der Waals surface area contributed by atoms with E-state index in [0.29, 0.717) is 0 Å². The molecule has 0 radical (unpaired) electrons. The van der Waals surface area contributed by atoms with Crippen LogP contribution in [0, 0.1) is 0 Å². The third-order valence-corrected chi connectivity index (χ3v) is 5.77. The molecule has 0 bridgehead atoms. The molecular formula is C23H17N3OS. The van der Waals surface area contributed by atoms with Crippen molar-refractivity contribution in [1.82, 2.24) is 9.97 Å². The zero-order chi connectivity index (χ0) is 18.9. The number of carbonyl (C=O) groups excluding carboxylic acids is 1. The first kappa shape index (κ1) is 16.8. The van der Waals surface area contributed by atoms with Crippen LogP contribution in [0.2, 0.25) is 0 Å². The predicted octanol–water partition coefficient (Wildman–Crippen LogP) is 4.96. The van der Waals surface area contributed by atoms with Crippen molar-refractivity contribution < 1.29 is 4.79 Å². The molecular weight excluding hydrogens is 366 g/mol. The van der Waals surface area contributed by atoms with Crippen LogP contribution in [0.25, 0.3) is 21.8 Å². The van der Waals surface area contributed by atoms with Crippen LogP contribution in [0.5, 0.6) is 0 Å². The maximum atomic E-state index is 12.5. The van der Waals surface area contributed by atoms with Crippen LogP contribution < -0.4 is 5.32 Å². The molecule has 1 aliphatic carbocycles. The van der Waals surface area contributed by atoms with Crippen molar-refractivity contribution in [3.8, 4) is 21.8 Å². The summed E-state index contributed by atoms with van der Waals surface area (Å²) in [6, 6.07) is 20.3. The highest BCUT2D eigenvalue weighted by Gasteiger charge is 2.18. The van der Waals surface area contributed by atoms with Crippen molar-refractivity contribution in [3.05, 3.63) is 89.1 Å². The third kappa shape index (κ3) is 3.21. The number of rotatable bonds is 4. The number of carbonyl (C=O) groups is 1. The summed E-state index contributed by atoms with van der Waals surface area (Å²) >= 11 is 1.51. The summed E-state index contributed by atoms with van der Waals surface area (Å²) in [4.78, 5) is 21.3. The lowest BCUT2D eigenvalue weighted by atomic mass is 10.1. The second-order valence-electron chi connectivity index (χ2n) is 6.79. The zero-order valence-corrected chi connectivity index (χ0v) is 15.9. The maximum Gasteiger partial charge on any atom is 0.230 e. The van der Waals surface area contributed by atoms with Gasteiger partial charge in [0.1, 0.15) is 5.01 Å². The topological polar surface area (TPSA) is 54.9 Å².